The fourth-order valence-corrected chi connectivity index (χ4v) is 4.31. The first kappa shape index (κ1) is 18.9. The maximum Gasteiger partial charge on any atom is 0.317 e. The van der Waals surface area contributed by atoms with E-state index >= 15 is 0 Å². The van der Waals surface area contributed by atoms with Gasteiger partial charge in [-0.2, -0.15) is 4.98 Å². The second kappa shape index (κ2) is 7.89. The van der Waals surface area contributed by atoms with Crippen molar-refractivity contribution in [3.05, 3.63) is 28.9 Å². The highest BCUT2D eigenvalue weighted by atomic mass is 16.5. The van der Waals surface area contributed by atoms with Crippen molar-refractivity contribution in [2.24, 2.45) is 0 Å². The van der Waals surface area contributed by atoms with Gasteiger partial charge in [0.05, 0.1) is 0 Å². The molecular formula is C21H29N5O2. The smallest absolute Gasteiger partial charge is 0.317 e. The number of hydrogen-bond acceptors (Lipinski definition) is 5. The third-order valence-corrected chi connectivity index (χ3v) is 5.78. The average molecular weight is 383 g/mol. The molecule has 7 nitrogen and oxygen atoms in total. The highest BCUT2D eigenvalue weighted by Crippen LogP contribution is 2.35. The lowest BCUT2D eigenvalue weighted by Crippen LogP contribution is -2.45. The van der Waals surface area contributed by atoms with Crippen LogP contribution in [-0.2, 0) is 13.0 Å². The number of urea groups is 1. The Labute approximate surface area is 165 Å². The molecule has 1 N–H and O–H groups in total. The van der Waals surface area contributed by atoms with Gasteiger partial charge in [0.2, 0.25) is 11.7 Å². The number of carbonyl (C=O) groups is 1. The quantitative estimate of drug-likeness (QED) is 0.867. The van der Waals surface area contributed by atoms with Gasteiger partial charge in [0.1, 0.15) is 0 Å². The molecular weight excluding hydrogens is 354 g/mol. The SMILES string of the molecule is Cc1ncc2c(c1-c1noc(C3CCCCC3)n1)CCN(C(=O)NC(C)C)C2. The monoisotopic (exact) mass is 383 g/mol. The number of pyridine rings is 1. The van der Waals surface area contributed by atoms with Gasteiger partial charge in [-0.25, -0.2) is 4.79 Å². The lowest BCUT2D eigenvalue weighted by molar-refractivity contribution is 0.190. The van der Waals surface area contributed by atoms with Gasteiger partial charge >= 0.3 is 6.03 Å². The molecule has 150 valence electrons. The summed E-state index contributed by atoms with van der Waals surface area (Å²) < 4.78 is 5.64. The predicted octanol–water partition coefficient (Wildman–Crippen LogP) is 3.96. The fraction of sp³-hybridized carbons (Fsp3) is 0.619. The van der Waals surface area contributed by atoms with Crippen molar-refractivity contribution in [3.8, 4) is 11.4 Å². The van der Waals surface area contributed by atoms with Crippen molar-refractivity contribution >= 4 is 6.03 Å². The Morgan fingerprint density at radius 2 is 2.07 bits per heavy atom. The van der Waals surface area contributed by atoms with Gasteiger partial charge in [0, 0.05) is 42.5 Å². The van der Waals surface area contributed by atoms with Gasteiger partial charge in [-0.1, -0.05) is 24.4 Å². The molecule has 3 heterocycles. The van der Waals surface area contributed by atoms with Crippen LogP contribution >= 0.6 is 0 Å². The summed E-state index contributed by atoms with van der Waals surface area (Å²) in [6.45, 7) is 7.17. The molecule has 0 spiro atoms. The van der Waals surface area contributed by atoms with Crippen LogP contribution in [0.1, 0.15) is 74.6 Å². The average Bonchev–Trinajstić information content (AvgIpc) is 3.17. The van der Waals surface area contributed by atoms with E-state index in [0.29, 0.717) is 24.8 Å². The molecule has 7 heteroatoms. The largest absolute Gasteiger partial charge is 0.339 e. The summed E-state index contributed by atoms with van der Waals surface area (Å²) >= 11 is 0. The first-order valence-electron chi connectivity index (χ1n) is 10.4. The van der Waals surface area contributed by atoms with Crippen LogP contribution in [0.25, 0.3) is 11.4 Å². The number of carbonyl (C=O) groups excluding carboxylic acids is 1. The maximum atomic E-state index is 12.4. The Morgan fingerprint density at radius 1 is 1.29 bits per heavy atom. The number of fused-ring (bicyclic) bond motifs is 1. The number of amides is 2. The molecule has 0 atom stereocenters. The van der Waals surface area contributed by atoms with Crippen molar-refractivity contribution in [1.82, 2.24) is 25.3 Å². The number of hydrogen-bond donors (Lipinski definition) is 1. The zero-order valence-corrected chi connectivity index (χ0v) is 17.0. The van der Waals surface area contributed by atoms with E-state index in [1.807, 2.05) is 31.9 Å². The van der Waals surface area contributed by atoms with Crippen LogP contribution in [0.15, 0.2) is 10.7 Å². The van der Waals surface area contributed by atoms with E-state index in [9.17, 15) is 4.79 Å². The van der Waals surface area contributed by atoms with Gasteiger partial charge in [-0.15, -0.1) is 0 Å². The standard InChI is InChI=1S/C21H29N5O2/c1-13(2)23-21(27)26-10-9-17-16(12-26)11-22-14(3)18(17)19-24-20(28-25-19)15-7-5-4-6-8-15/h11,13,15H,4-10,12H2,1-3H3,(H,23,27). The normalized spacial score (nSPS) is 17.6. The van der Waals surface area contributed by atoms with Crippen molar-refractivity contribution < 1.29 is 9.32 Å². The number of nitrogens with one attached hydrogen (secondary N) is 1. The topological polar surface area (TPSA) is 84.2 Å². The zero-order chi connectivity index (χ0) is 19.7. The summed E-state index contributed by atoms with van der Waals surface area (Å²) in [5.74, 6) is 1.79. The van der Waals surface area contributed by atoms with E-state index < -0.39 is 0 Å². The molecule has 1 fully saturated rings. The lowest BCUT2D eigenvalue weighted by atomic mass is 9.89. The van der Waals surface area contributed by atoms with Crippen molar-refractivity contribution in [2.45, 2.75) is 77.8 Å². The maximum absolute atomic E-state index is 12.4. The van der Waals surface area contributed by atoms with Crippen LogP contribution in [-0.4, -0.2) is 38.6 Å². The summed E-state index contributed by atoms with van der Waals surface area (Å²) in [5.41, 5.74) is 4.15. The second-order valence-corrected chi connectivity index (χ2v) is 8.29. The van der Waals surface area contributed by atoms with Gasteiger partial charge in [0.25, 0.3) is 0 Å². The van der Waals surface area contributed by atoms with E-state index in [0.717, 1.165) is 42.0 Å². The van der Waals surface area contributed by atoms with Crippen molar-refractivity contribution in [2.75, 3.05) is 6.54 Å². The summed E-state index contributed by atoms with van der Waals surface area (Å²) in [4.78, 5) is 23.5. The third kappa shape index (κ3) is 3.75. The minimum atomic E-state index is -0.0260. The summed E-state index contributed by atoms with van der Waals surface area (Å²) in [6.07, 6.45) is 8.68. The summed E-state index contributed by atoms with van der Waals surface area (Å²) in [5, 5.41) is 7.27. The Kier molecular flexibility index (Phi) is 5.33. The molecule has 4 rings (SSSR count). The molecule has 2 aromatic rings. The number of aryl methyl sites for hydroxylation is 1. The molecule has 1 aliphatic heterocycles. The Bertz CT molecular complexity index is 854. The first-order valence-corrected chi connectivity index (χ1v) is 10.4. The predicted molar refractivity (Wildman–Crippen MR) is 106 cm³/mol. The first-order chi connectivity index (χ1) is 13.5. The van der Waals surface area contributed by atoms with Gasteiger partial charge in [-0.3, -0.25) is 4.98 Å². The van der Waals surface area contributed by atoms with E-state index in [1.54, 1.807) is 0 Å². The number of rotatable bonds is 3. The molecule has 2 amide bonds. The molecule has 1 aliphatic carbocycles. The molecule has 0 bridgehead atoms. The highest BCUT2D eigenvalue weighted by molar-refractivity contribution is 5.75. The molecule has 0 aromatic carbocycles. The Balaban J connectivity index is 1.60. The van der Waals surface area contributed by atoms with E-state index in [-0.39, 0.29) is 12.1 Å². The van der Waals surface area contributed by atoms with Crippen LogP contribution < -0.4 is 5.32 Å². The molecule has 1 saturated carbocycles. The van der Waals surface area contributed by atoms with Crippen LogP contribution in [0.3, 0.4) is 0 Å². The van der Waals surface area contributed by atoms with E-state index in [2.05, 4.69) is 15.5 Å². The van der Waals surface area contributed by atoms with Crippen molar-refractivity contribution in [1.29, 1.82) is 0 Å². The Morgan fingerprint density at radius 3 is 2.82 bits per heavy atom. The Hall–Kier alpha value is -2.44. The van der Waals surface area contributed by atoms with Gasteiger partial charge in [-0.05, 0) is 51.2 Å². The molecule has 28 heavy (non-hydrogen) atoms. The number of nitrogens with zero attached hydrogens (tertiary/aromatic N) is 4. The minimum absolute atomic E-state index is 0.0260. The van der Waals surface area contributed by atoms with Crippen LogP contribution in [0.5, 0.6) is 0 Å². The van der Waals surface area contributed by atoms with Crippen LogP contribution in [0.4, 0.5) is 4.79 Å². The third-order valence-electron chi connectivity index (χ3n) is 5.78. The molecule has 2 aliphatic rings. The van der Waals surface area contributed by atoms with Crippen LogP contribution in [0, 0.1) is 6.92 Å². The minimum Gasteiger partial charge on any atom is -0.339 e. The van der Waals surface area contributed by atoms with Crippen LogP contribution in [0.2, 0.25) is 0 Å². The van der Waals surface area contributed by atoms with Crippen molar-refractivity contribution in [3.63, 3.8) is 0 Å². The number of aromatic nitrogens is 3. The molecule has 0 saturated heterocycles. The second-order valence-electron chi connectivity index (χ2n) is 8.29. The van der Waals surface area contributed by atoms with E-state index in [1.165, 1.54) is 24.8 Å². The fourth-order valence-electron chi connectivity index (χ4n) is 4.31. The molecule has 0 radical (unpaired) electrons. The summed E-state index contributed by atoms with van der Waals surface area (Å²) in [6, 6.07) is 0.0973. The highest BCUT2D eigenvalue weighted by Gasteiger charge is 2.28. The van der Waals surface area contributed by atoms with Gasteiger partial charge in [0.15, 0.2) is 0 Å². The lowest BCUT2D eigenvalue weighted by Gasteiger charge is -2.30. The molecule has 2 aromatic heterocycles. The van der Waals surface area contributed by atoms with E-state index in [4.69, 9.17) is 9.51 Å². The van der Waals surface area contributed by atoms with Gasteiger partial charge < -0.3 is 14.7 Å². The zero-order valence-electron chi connectivity index (χ0n) is 17.0. The summed E-state index contributed by atoms with van der Waals surface area (Å²) in [7, 11) is 0. The molecule has 0 unspecified atom stereocenters.